The van der Waals surface area contributed by atoms with Crippen LogP contribution in [-0.2, 0) is 10.0 Å². The molecule has 0 spiro atoms. The average Bonchev–Trinajstić information content (AvgIpc) is 2.31. The molecule has 108 valence electrons. The quantitative estimate of drug-likeness (QED) is 0.790. The fraction of sp³-hybridized carbons (Fsp3) is 0.538. The van der Waals surface area contributed by atoms with Crippen molar-refractivity contribution in [1.29, 1.82) is 0 Å². The largest absolute Gasteiger partial charge is 0.399 e. The van der Waals surface area contributed by atoms with Gasteiger partial charge in [0.2, 0.25) is 10.0 Å². The molecule has 4 nitrogen and oxygen atoms in total. The van der Waals surface area contributed by atoms with Crippen molar-refractivity contribution in [3.05, 3.63) is 23.3 Å². The Morgan fingerprint density at radius 1 is 1.37 bits per heavy atom. The van der Waals surface area contributed by atoms with Gasteiger partial charge in [-0.1, -0.05) is 6.92 Å². The lowest BCUT2D eigenvalue weighted by Crippen LogP contribution is -2.30. The molecule has 0 aliphatic carbocycles. The zero-order valence-corrected chi connectivity index (χ0v) is 13.5. The Bertz CT molecular complexity index is 542. The number of thioether (sulfide) groups is 1. The van der Waals surface area contributed by atoms with Crippen molar-refractivity contribution in [2.45, 2.75) is 25.7 Å². The smallest absolute Gasteiger partial charge is 0.240 e. The van der Waals surface area contributed by atoms with Crippen molar-refractivity contribution in [3.8, 4) is 0 Å². The summed E-state index contributed by atoms with van der Waals surface area (Å²) in [5.41, 5.74) is 7.84. The third-order valence-electron chi connectivity index (χ3n) is 3.00. The fourth-order valence-corrected chi connectivity index (χ4v) is 4.01. The van der Waals surface area contributed by atoms with Gasteiger partial charge in [0.15, 0.2) is 0 Å². The average molecular weight is 302 g/mol. The zero-order chi connectivity index (χ0) is 14.6. The molecule has 0 radical (unpaired) electrons. The summed E-state index contributed by atoms with van der Waals surface area (Å²) in [4.78, 5) is 0.279. The fourth-order valence-electron chi connectivity index (χ4n) is 1.81. The van der Waals surface area contributed by atoms with E-state index in [1.807, 2.05) is 20.1 Å². The van der Waals surface area contributed by atoms with E-state index in [0.717, 1.165) is 16.9 Å². The van der Waals surface area contributed by atoms with E-state index in [4.69, 9.17) is 5.73 Å². The standard InChI is InChI=1S/C13H22N2O2S2/c1-9(8-18-4)7-15-19(16,17)13-6-12(14)5-10(2)11(13)3/h5-6,9,15H,7-8,14H2,1-4H3. The summed E-state index contributed by atoms with van der Waals surface area (Å²) in [7, 11) is -3.49. The number of sulfonamides is 1. The van der Waals surface area contributed by atoms with Crippen LogP contribution in [0.5, 0.6) is 0 Å². The monoisotopic (exact) mass is 302 g/mol. The van der Waals surface area contributed by atoms with Gasteiger partial charge in [-0.25, -0.2) is 13.1 Å². The molecule has 0 amide bonds. The first-order valence-electron chi connectivity index (χ1n) is 6.13. The topological polar surface area (TPSA) is 72.2 Å². The van der Waals surface area contributed by atoms with Crippen molar-refractivity contribution in [1.82, 2.24) is 4.72 Å². The van der Waals surface area contributed by atoms with Crippen LogP contribution in [0, 0.1) is 19.8 Å². The summed E-state index contributed by atoms with van der Waals surface area (Å²) >= 11 is 1.71. The van der Waals surface area contributed by atoms with Crippen LogP contribution in [0.1, 0.15) is 18.1 Å². The Hall–Kier alpha value is -0.720. The minimum atomic E-state index is -3.49. The van der Waals surface area contributed by atoms with Gasteiger partial charge in [0.25, 0.3) is 0 Å². The minimum absolute atomic E-state index is 0.279. The molecule has 1 unspecified atom stereocenters. The van der Waals surface area contributed by atoms with Crippen LogP contribution >= 0.6 is 11.8 Å². The number of nitrogens with one attached hydrogen (secondary N) is 1. The van der Waals surface area contributed by atoms with Gasteiger partial charge in [-0.3, -0.25) is 0 Å². The number of anilines is 1. The molecule has 0 aromatic heterocycles. The van der Waals surface area contributed by atoms with Gasteiger partial charge in [0.05, 0.1) is 4.90 Å². The molecule has 0 fully saturated rings. The highest BCUT2D eigenvalue weighted by Crippen LogP contribution is 2.22. The van der Waals surface area contributed by atoms with E-state index >= 15 is 0 Å². The molecule has 1 rings (SSSR count). The number of aryl methyl sites for hydroxylation is 1. The van der Waals surface area contributed by atoms with Crippen LogP contribution < -0.4 is 10.5 Å². The van der Waals surface area contributed by atoms with Crippen molar-refractivity contribution in [2.24, 2.45) is 5.92 Å². The molecule has 1 aromatic rings. The second kappa shape index (κ2) is 6.63. The van der Waals surface area contributed by atoms with Crippen LogP contribution in [0.25, 0.3) is 0 Å². The van der Waals surface area contributed by atoms with E-state index in [2.05, 4.69) is 4.72 Å². The first-order valence-corrected chi connectivity index (χ1v) is 9.01. The molecule has 0 saturated carbocycles. The lowest BCUT2D eigenvalue weighted by atomic mass is 10.1. The van der Waals surface area contributed by atoms with Crippen LogP contribution in [0.15, 0.2) is 17.0 Å². The summed E-state index contributed by atoms with van der Waals surface area (Å²) in [6.07, 6.45) is 2.01. The van der Waals surface area contributed by atoms with E-state index < -0.39 is 10.0 Å². The Kier molecular flexibility index (Phi) is 5.70. The van der Waals surface area contributed by atoms with Gasteiger partial charge in [-0.2, -0.15) is 11.8 Å². The van der Waals surface area contributed by atoms with E-state index in [9.17, 15) is 8.42 Å². The molecule has 0 bridgehead atoms. The van der Waals surface area contributed by atoms with Gasteiger partial charge in [-0.05, 0) is 55.0 Å². The predicted molar refractivity (Wildman–Crippen MR) is 83.1 cm³/mol. The van der Waals surface area contributed by atoms with Gasteiger partial charge < -0.3 is 5.73 Å². The Morgan fingerprint density at radius 2 is 2.00 bits per heavy atom. The highest BCUT2D eigenvalue weighted by molar-refractivity contribution is 7.98. The van der Waals surface area contributed by atoms with Crippen molar-refractivity contribution < 1.29 is 8.42 Å². The first-order chi connectivity index (χ1) is 8.77. The summed E-state index contributed by atoms with van der Waals surface area (Å²) in [6.45, 7) is 6.13. The number of nitrogens with two attached hydrogens (primary N) is 1. The van der Waals surface area contributed by atoms with Crippen LogP contribution in [0.2, 0.25) is 0 Å². The van der Waals surface area contributed by atoms with Crippen LogP contribution in [-0.4, -0.2) is 27.0 Å². The zero-order valence-electron chi connectivity index (χ0n) is 11.9. The third-order valence-corrected chi connectivity index (χ3v) is 5.46. The summed E-state index contributed by atoms with van der Waals surface area (Å²) in [5.74, 6) is 1.23. The second-order valence-electron chi connectivity index (χ2n) is 4.87. The van der Waals surface area contributed by atoms with E-state index in [0.29, 0.717) is 18.2 Å². The number of nitrogen functional groups attached to an aromatic ring is 1. The van der Waals surface area contributed by atoms with Gasteiger partial charge in [0.1, 0.15) is 0 Å². The maximum atomic E-state index is 12.3. The maximum absolute atomic E-state index is 12.3. The highest BCUT2D eigenvalue weighted by atomic mass is 32.2. The van der Waals surface area contributed by atoms with Gasteiger partial charge in [-0.15, -0.1) is 0 Å². The van der Waals surface area contributed by atoms with Crippen molar-refractivity contribution >= 4 is 27.5 Å². The molecule has 0 aliphatic heterocycles. The molecule has 1 atom stereocenters. The molecular weight excluding hydrogens is 280 g/mol. The molecule has 0 saturated heterocycles. The Balaban J connectivity index is 2.95. The van der Waals surface area contributed by atoms with Crippen molar-refractivity contribution in [3.63, 3.8) is 0 Å². The van der Waals surface area contributed by atoms with Crippen molar-refractivity contribution in [2.75, 3.05) is 24.3 Å². The number of rotatable bonds is 6. The minimum Gasteiger partial charge on any atom is -0.399 e. The van der Waals surface area contributed by atoms with E-state index in [1.165, 1.54) is 6.07 Å². The molecular formula is C13H22N2O2S2. The SMILES string of the molecule is CSCC(C)CNS(=O)(=O)c1cc(N)cc(C)c1C. The normalized spacial score (nSPS) is 13.5. The van der Waals surface area contributed by atoms with E-state index in [1.54, 1.807) is 24.8 Å². The lowest BCUT2D eigenvalue weighted by molar-refractivity contribution is 0.562. The van der Waals surface area contributed by atoms with Gasteiger partial charge in [0, 0.05) is 12.2 Å². The summed E-state index contributed by atoms with van der Waals surface area (Å²) in [6, 6.07) is 3.30. The van der Waals surface area contributed by atoms with E-state index in [-0.39, 0.29) is 4.90 Å². The van der Waals surface area contributed by atoms with Crippen LogP contribution in [0.4, 0.5) is 5.69 Å². The summed E-state index contributed by atoms with van der Waals surface area (Å²) < 4.78 is 27.2. The third kappa shape index (κ3) is 4.40. The molecule has 0 heterocycles. The molecule has 3 N–H and O–H groups in total. The number of benzene rings is 1. The number of hydrogen-bond donors (Lipinski definition) is 2. The molecule has 19 heavy (non-hydrogen) atoms. The van der Waals surface area contributed by atoms with Crippen LogP contribution in [0.3, 0.4) is 0 Å². The Morgan fingerprint density at radius 3 is 2.58 bits per heavy atom. The second-order valence-corrected chi connectivity index (χ2v) is 7.52. The molecule has 1 aromatic carbocycles. The maximum Gasteiger partial charge on any atom is 0.240 e. The first kappa shape index (κ1) is 16.3. The lowest BCUT2D eigenvalue weighted by Gasteiger charge is -2.14. The molecule has 6 heteroatoms. The number of hydrogen-bond acceptors (Lipinski definition) is 4. The predicted octanol–water partition coefficient (Wildman–Crippen LogP) is 2.16. The van der Waals surface area contributed by atoms with Gasteiger partial charge >= 0.3 is 0 Å². The molecule has 0 aliphatic rings. The summed E-state index contributed by atoms with van der Waals surface area (Å²) in [5, 5.41) is 0. The highest BCUT2D eigenvalue weighted by Gasteiger charge is 2.19. The Labute approximate surface area is 120 Å².